The Morgan fingerprint density at radius 2 is 1.66 bits per heavy atom. The molecular weight excluding hydrogens is 479 g/mol. The molecule has 0 atom stereocenters. The van der Waals surface area contributed by atoms with Crippen molar-refractivity contribution in [1.82, 2.24) is 14.7 Å². The van der Waals surface area contributed by atoms with Crippen LogP contribution in [-0.2, 0) is 11.2 Å². The lowest BCUT2D eigenvalue weighted by molar-refractivity contribution is -0.117. The molecule has 3 aromatic carbocycles. The number of nitrogens with one attached hydrogen (secondary N) is 1. The molecule has 1 N–H and O–H groups in total. The smallest absolute Gasteiger partial charge is 0.254 e. The first-order chi connectivity index (χ1) is 18.3. The normalized spacial score (nSPS) is 11.0. The zero-order valence-corrected chi connectivity index (χ0v) is 22.0. The third-order valence-corrected chi connectivity index (χ3v) is 6.32. The van der Waals surface area contributed by atoms with Crippen LogP contribution in [0.5, 0.6) is 0 Å². The average molecular weight is 513 g/mol. The van der Waals surface area contributed by atoms with Crippen molar-refractivity contribution in [2.45, 2.75) is 33.6 Å². The van der Waals surface area contributed by atoms with E-state index in [1.54, 1.807) is 27.8 Å². The number of aryl methyl sites for hydroxylation is 1. The van der Waals surface area contributed by atoms with Gasteiger partial charge in [0.25, 0.3) is 5.91 Å². The molecular formula is C31H33FN4O2. The number of halogens is 1. The molecule has 0 radical (unpaired) electrons. The molecule has 38 heavy (non-hydrogen) atoms. The fourth-order valence-corrected chi connectivity index (χ4v) is 4.09. The molecule has 7 heteroatoms. The second-order valence-corrected chi connectivity index (χ2v) is 9.68. The monoisotopic (exact) mass is 512 g/mol. The molecule has 196 valence electrons. The van der Waals surface area contributed by atoms with Gasteiger partial charge in [-0.1, -0.05) is 63.2 Å². The second-order valence-electron chi connectivity index (χ2n) is 9.68. The number of aromatic nitrogens is 2. The van der Waals surface area contributed by atoms with E-state index in [0.717, 1.165) is 24.0 Å². The van der Waals surface area contributed by atoms with Crippen molar-refractivity contribution >= 4 is 17.6 Å². The summed E-state index contributed by atoms with van der Waals surface area (Å²) < 4.78 is 15.1. The van der Waals surface area contributed by atoms with E-state index in [0.29, 0.717) is 35.2 Å². The molecule has 0 aliphatic heterocycles. The van der Waals surface area contributed by atoms with Crippen molar-refractivity contribution in [3.05, 3.63) is 102 Å². The van der Waals surface area contributed by atoms with Crippen molar-refractivity contribution in [3.8, 4) is 16.9 Å². The van der Waals surface area contributed by atoms with Crippen LogP contribution in [0.1, 0.15) is 43.1 Å². The maximum Gasteiger partial charge on any atom is 0.254 e. The van der Waals surface area contributed by atoms with Gasteiger partial charge in [-0.15, -0.1) is 0 Å². The molecule has 0 unspecified atom stereocenters. The van der Waals surface area contributed by atoms with Crippen molar-refractivity contribution < 1.29 is 14.0 Å². The first-order valence-corrected chi connectivity index (χ1v) is 12.9. The highest BCUT2D eigenvalue weighted by Gasteiger charge is 2.21. The van der Waals surface area contributed by atoms with Gasteiger partial charge in [-0.05, 0) is 60.7 Å². The van der Waals surface area contributed by atoms with Crippen LogP contribution in [-0.4, -0.2) is 39.6 Å². The standard InChI is InChI=1S/C31H33FN4O2/c1-4-23-10-12-25(13-11-23)31(38)35(19-18-22(2)3)21-30(37)33-29-20-28(24-8-6-5-7-9-24)34-36(29)27-16-14-26(32)15-17-27/h5-17,20,22H,4,18-19,21H2,1-3H3,(H,33,37). The Labute approximate surface area is 223 Å². The minimum absolute atomic E-state index is 0.101. The largest absolute Gasteiger partial charge is 0.329 e. The van der Waals surface area contributed by atoms with Crippen LogP contribution in [0.25, 0.3) is 16.9 Å². The highest BCUT2D eigenvalue weighted by atomic mass is 19.1. The summed E-state index contributed by atoms with van der Waals surface area (Å²) >= 11 is 0. The molecule has 0 spiro atoms. The zero-order valence-electron chi connectivity index (χ0n) is 22.0. The second kappa shape index (κ2) is 12.3. The first kappa shape index (κ1) is 26.8. The van der Waals surface area contributed by atoms with Crippen LogP contribution < -0.4 is 5.32 Å². The van der Waals surface area contributed by atoms with Gasteiger partial charge in [0, 0.05) is 23.7 Å². The summed E-state index contributed by atoms with van der Waals surface area (Å²) in [7, 11) is 0. The van der Waals surface area contributed by atoms with E-state index in [1.165, 1.54) is 12.1 Å². The number of nitrogens with zero attached hydrogens (tertiary/aromatic N) is 3. The summed E-state index contributed by atoms with van der Waals surface area (Å²) in [4.78, 5) is 28.2. The Balaban J connectivity index is 1.59. The molecule has 1 aromatic heterocycles. The summed E-state index contributed by atoms with van der Waals surface area (Å²) in [6.07, 6.45) is 1.67. The first-order valence-electron chi connectivity index (χ1n) is 12.9. The quantitative estimate of drug-likeness (QED) is 0.269. The number of hydrogen-bond donors (Lipinski definition) is 1. The molecule has 0 aliphatic rings. The van der Waals surface area contributed by atoms with E-state index < -0.39 is 0 Å². The van der Waals surface area contributed by atoms with Crippen LogP contribution in [0.15, 0.2) is 84.9 Å². The molecule has 0 bridgehead atoms. The Morgan fingerprint density at radius 3 is 2.29 bits per heavy atom. The lowest BCUT2D eigenvalue weighted by Gasteiger charge is -2.23. The maximum absolute atomic E-state index is 13.6. The third-order valence-electron chi connectivity index (χ3n) is 6.32. The van der Waals surface area contributed by atoms with Crippen LogP contribution in [0, 0.1) is 11.7 Å². The van der Waals surface area contributed by atoms with Crippen molar-refractivity contribution in [2.24, 2.45) is 5.92 Å². The summed E-state index contributed by atoms with van der Waals surface area (Å²) in [6.45, 7) is 6.61. The lowest BCUT2D eigenvalue weighted by Crippen LogP contribution is -2.39. The molecule has 4 rings (SSSR count). The fraction of sp³-hybridized carbons (Fsp3) is 0.258. The van der Waals surface area contributed by atoms with Crippen LogP contribution in [0.3, 0.4) is 0 Å². The number of anilines is 1. The lowest BCUT2D eigenvalue weighted by atomic mass is 10.1. The number of hydrogen-bond acceptors (Lipinski definition) is 3. The van der Waals surface area contributed by atoms with Crippen molar-refractivity contribution in [2.75, 3.05) is 18.4 Å². The molecule has 0 saturated heterocycles. The number of carbonyl (C=O) groups is 2. The summed E-state index contributed by atoms with van der Waals surface area (Å²) in [5, 5.41) is 7.60. The zero-order chi connectivity index (χ0) is 27.1. The van der Waals surface area contributed by atoms with E-state index in [9.17, 15) is 14.0 Å². The Kier molecular flexibility index (Phi) is 8.69. The van der Waals surface area contributed by atoms with Gasteiger partial charge in [0.1, 0.15) is 18.2 Å². The average Bonchev–Trinajstić information content (AvgIpc) is 3.35. The minimum atomic E-state index is -0.360. The Bertz CT molecular complexity index is 1360. The van der Waals surface area contributed by atoms with E-state index in [4.69, 9.17) is 0 Å². The van der Waals surface area contributed by atoms with Gasteiger partial charge in [0.05, 0.1) is 11.4 Å². The summed E-state index contributed by atoms with van der Waals surface area (Å²) in [6, 6.07) is 24.8. The van der Waals surface area contributed by atoms with Crippen LogP contribution in [0.4, 0.5) is 10.2 Å². The highest BCUT2D eigenvalue weighted by Crippen LogP contribution is 2.25. The summed E-state index contributed by atoms with van der Waals surface area (Å²) in [5.74, 6) is -0.0649. The molecule has 1 heterocycles. The Morgan fingerprint density at radius 1 is 0.974 bits per heavy atom. The highest BCUT2D eigenvalue weighted by molar-refractivity contribution is 5.99. The van der Waals surface area contributed by atoms with Gasteiger partial charge < -0.3 is 10.2 Å². The molecule has 2 amide bonds. The maximum atomic E-state index is 13.6. The fourth-order valence-electron chi connectivity index (χ4n) is 4.09. The van der Waals surface area contributed by atoms with Crippen LogP contribution in [0.2, 0.25) is 0 Å². The van der Waals surface area contributed by atoms with Gasteiger partial charge in [-0.2, -0.15) is 5.10 Å². The van der Waals surface area contributed by atoms with Gasteiger partial charge >= 0.3 is 0 Å². The van der Waals surface area contributed by atoms with Gasteiger partial charge in [-0.3, -0.25) is 9.59 Å². The summed E-state index contributed by atoms with van der Waals surface area (Å²) in [5.41, 5.74) is 3.85. The van der Waals surface area contributed by atoms with E-state index in [-0.39, 0.29) is 24.2 Å². The number of carbonyl (C=O) groups excluding carboxylic acids is 2. The number of amides is 2. The molecule has 0 fully saturated rings. The molecule has 6 nitrogen and oxygen atoms in total. The molecule has 0 aliphatic carbocycles. The van der Waals surface area contributed by atoms with Gasteiger partial charge in [-0.25, -0.2) is 9.07 Å². The van der Waals surface area contributed by atoms with Gasteiger partial charge in [0.15, 0.2) is 0 Å². The van der Waals surface area contributed by atoms with E-state index >= 15 is 0 Å². The third kappa shape index (κ3) is 6.73. The predicted octanol–water partition coefficient (Wildman–Crippen LogP) is 6.37. The van der Waals surface area contributed by atoms with E-state index in [2.05, 4.69) is 31.2 Å². The van der Waals surface area contributed by atoms with Gasteiger partial charge in [0.2, 0.25) is 5.91 Å². The number of rotatable bonds is 10. The van der Waals surface area contributed by atoms with Crippen molar-refractivity contribution in [1.29, 1.82) is 0 Å². The SMILES string of the molecule is CCc1ccc(C(=O)N(CCC(C)C)CC(=O)Nc2cc(-c3ccccc3)nn2-c2ccc(F)cc2)cc1. The predicted molar refractivity (Wildman–Crippen MR) is 149 cm³/mol. The topological polar surface area (TPSA) is 67.2 Å². The minimum Gasteiger partial charge on any atom is -0.329 e. The van der Waals surface area contributed by atoms with E-state index in [1.807, 2.05) is 54.6 Å². The van der Waals surface area contributed by atoms with Crippen molar-refractivity contribution in [3.63, 3.8) is 0 Å². The van der Waals surface area contributed by atoms with Crippen LogP contribution >= 0.6 is 0 Å². The molecule has 0 saturated carbocycles. The molecule has 4 aromatic rings. The number of benzene rings is 3. The Hall–Kier alpha value is -4.26.